The Balaban J connectivity index is 4.20. The number of hydrogen-bond donors (Lipinski definition) is 2. The van der Waals surface area contributed by atoms with Crippen LogP contribution in [0.1, 0.15) is 41.0 Å². The molecule has 0 rings (SSSR count). The largest absolute Gasteiger partial charge is 0.444 e. The lowest BCUT2D eigenvalue weighted by Crippen LogP contribution is -2.45. The zero-order chi connectivity index (χ0) is 12.9. The van der Waals surface area contributed by atoms with Gasteiger partial charge in [-0.1, -0.05) is 6.92 Å². The number of ketones is 1. The molecule has 2 N–H and O–H groups in total. The zero-order valence-corrected chi connectivity index (χ0v) is 10.5. The third-order valence-electron chi connectivity index (χ3n) is 1.88. The van der Waals surface area contributed by atoms with E-state index in [1.165, 1.54) is 6.92 Å². The van der Waals surface area contributed by atoms with E-state index in [1.54, 1.807) is 27.7 Å². The molecule has 0 radical (unpaired) electrons. The minimum Gasteiger partial charge on any atom is -0.444 e. The summed E-state index contributed by atoms with van der Waals surface area (Å²) in [6.07, 6.45) is -1.36. The van der Waals surface area contributed by atoms with Gasteiger partial charge in [0.15, 0.2) is 5.78 Å². The van der Waals surface area contributed by atoms with Crippen molar-refractivity contribution >= 4 is 11.9 Å². The van der Waals surface area contributed by atoms with Crippen LogP contribution in [-0.4, -0.2) is 34.7 Å². The van der Waals surface area contributed by atoms with Gasteiger partial charge in [0.1, 0.15) is 11.7 Å². The molecule has 0 bridgehead atoms. The molecule has 0 fully saturated rings. The fourth-order valence-electron chi connectivity index (χ4n) is 1.05. The van der Waals surface area contributed by atoms with Crippen LogP contribution in [0, 0.1) is 0 Å². The number of ether oxygens (including phenoxy) is 1. The lowest BCUT2D eigenvalue weighted by Gasteiger charge is -2.22. The van der Waals surface area contributed by atoms with Gasteiger partial charge in [-0.25, -0.2) is 4.79 Å². The van der Waals surface area contributed by atoms with Gasteiger partial charge in [0.2, 0.25) is 0 Å². The number of rotatable bonds is 4. The van der Waals surface area contributed by atoms with E-state index in [2.05, 4.69) is 5.32 Å². The SMILES string of the molecule is CCC(O)C(=O)C(C)NC(=O)OC(C)(C)C. The molecule has 5 nitrogen and oxygen atoms in total. The summed E-state index contributed by atoms with van der Waals surface area (Å²) in [7, 11) is 0. The van der Waals surface area contributed by atoms with Gasteiger partial charge in [-0.15, -0.1) is 0 Å². The highest BCUT2D eigenvalue weighted by Crippen LogP contribution is 2.07. The Kier molecular flexibility index (Phi) is 5.44. The molecule has 0 aliphatic rings. The molecule has 0 aromatic carbocycles. The van der Waals surface area contributed by atoms with Gasteiger partial charge in [-0.05, 0) is 34.1 Å². The van der Waals surface area contributed by atoms with Crippen LogP contribution in [0.5, 0.6) is 0 Å². The van der Waals surface area contributed by atoms with Crippen LogP contribution < -0.4 is 5.32 Å². The monoisotopic (exact) mass is 231 g/mol. The first-order valence-electron chi connectivity index (χ1n) is 5.38. The number of Topliss-reactive ketones (excluding diaryl/α,β-unsaturated/α-hetero) is 1. The predicted octanol–water partition coefficient (Wildman–Crippen LogP) is 1.24. The fraction of sp³-hybridized carbons (Fsp3) is 0.818. The molecule has 2 unspecified atom stereocenters. The summed E-state index contributed by atoms with van der Waals surface area (Å²) in [4.78, 5) is 22.8. The van der Waals surface area contributed by atoms with E-state index >= 15 is 0 Å². The summed E-state index contributed by atoms with van der Waals surface area (Å²) in [5, 5.41) is 11.7. The summed E-state index contributed by atoms with van der Waals surface area (Å²) in [6, 6.07) is -0.746. The molecule has 16 heavy (non-hydrogen) atoms. The van der Waals surface area contributed by atoms with Gasteiger partial charge in [0, 0.05) is 0 Å². The fourth-order valence-corrected chi connectivity index (χ4v) is 1.05. The van der Waals surface area contributed by atoms with E-state index in [4.69, 9.17) is 4.74 Å². The lowest BCUT2D eigenvalue weighted by atomic mass is 10.1. The average molecular weight is 231 g/mol. The molecule has 0 aliphatic heterocycles. The second-order valence-corrected chi connectivity index (χ2v) is 4.69. The van der Waals surface area contributed by atoms with E-state index in [0.717, 1.165) is 0 Å². The van der Waals surface area contributed by atoms with Gasteiger partial charge in [0.25, 0.3) is 0 Å². The Morgan fingerprint density at radius 3 is 2.25 bits per heavy atom. The van der Waals surface area contributed by atoms with Crippen molar-refractivity contribution in [2.75, 3.05) is 0 Å². The van der Waals surface area contributed by atoms with Gasteiger partial charge < -0.3 is 15.2 Å². The number of alkyl carbamates (subject to hydrolysis) is 1. The molecule has 1 amide bonds. The molecule has 0 aliphatic carbocycles. The first-order valence-corrected chi connectivity index (χ1v) is 5.38. The maximum Gasteiger partial charge on any atom is 0.408 e. The van der Waals surface area contributed by atoms with Gasteiger partial charge in [-0.3, -0.25) is 4.79 Å². The Morgan fingerprint density at radius 1 is 1.38 bits per heavy atom. The molecular formula is C11H21NO4. The van der Waals surface area contributed by atoms with E-state index in [9.17, 15) is 14.7 Å². The van der Waals surface area contributed by atoms with Gasteiger partial charge in [-0.2, -0.15) is 0 Å². The Morgan fingerprint density at radius 2 is 1.88 bits per heavy atom. The smallest absolute Gasteiger partial charge is 0.408 e. The minimum absolute atomic E-state index is 0.333. The standard InChI is InChI=1S/C11H21NO4/c1-6-8(13)9(14)7(2)12-10(15)16-11(3,4)5/h7-8,13H,6H2,1-5H3,(H,12,15). The summed E-state index contributed by atoms with van der Waals surface area (Å²) >= 11 is 0. The first kappa shape index (κ1) is 14.9. The molecule has 0 saturated carbocycles. The average Bonchev–Trinajstić information content (AvgIpc) is 2.12. The van der Waals surface area contributed by atoms with Crippen LogP contribution in [0.2, 0.25) is 0 Å². The van der Waals surface area contributed by atoms with Crippen LogP contribution in [0.3, 0.4) is 0 Å². The Labute approximate surface area is 96.2 Å². The second kappa shape index (κ2) is 5.84. The normalized spacial score (nSPS) is 15.1. The first-order chi connectivity index (χ1) is 7.17. The quantitative estimate of drug-likeness (QED) is 0.763. The molecule has 5 heteroatoms. The number of carbonyl (C=O) groups is 2. The highest BCUT2D eigenvalue weighted by atomic mass is 16.6. The van der Waals surface area contributed by atoms with Crippen molar-refractivity contribution < 1.29 is 19.4 Å². The highest BCUT2D eigenvalue weighted by molar-refractivity contribution is 5.90. The molecule has 0 aromatic rings. The number of hydrogen-bond acceptors (Lipinski definition) is 4. The van der Waals surface area contributed by atoms with Crippen LogP contribution >= 0.6 is 0 Å². The van der Waals surface area contributed by atoms with Crippen molar-refractivity contribution in [2.24, 2.45) is 0 Å². The Bertz CT molecular complexity index is 257. The van der Waals surface area contributed by atoms with Crippen molar-refractivity contribution in [3.05, 3.63) is 0 Å². The number of carbonyl (C=O) groups excluding carboxylic acids is 2. The van der Waals surface area contributed by atoms with E-state index < -0.39 is 29.6 Å². The van der Waals surface area contributed by atoms with Crippen molar-refractivity contribution in [3.8, 4) is 0 Å². The van der Waals surface area contributed by atoms with Gasteiger partial charge >= 0.3 is 6.09 Å². The predicted molar refractivity (Wildman–Crippen MR) is 60.1 cm³/mol. The van der Waals surface area contributed by atoms with Crippen LogP contribution in [-0.2, 0) is 9.53 Å². The van der Waals surface area contributed by atoms with Gasteiger partial charge in [0.05, 0.1) is 6.04 Å². The number of aliphatic hydroxyl groups is 1. The van der Waals surface area contributed by atoms with Crippen LogP contribution in [0.15, 0.2) is 0 Å². The lowest BCUT2D eigenvalue weighted by molar-refractivity contribution is -0.128. The molecule has 94 valence electrons. The molecule has 0 saturated heterocycles. The zero-order valence-electron chi connectivity index (χ0n) is 10.5. The van der Waals surface area contributed by atoms with Crippen LogP contribution in [0.25, 0.3) is 0 Å². The van der Waals surface area contributed by atoms with E-state index in [0.29, 0.717) is 6.42 Å². The van der Waals surface area contributed by atoms with E-state index in [-0.39, 0.29) is 0 Å². The van der Waals surface area contributed by atoms with Crippen molar-refractivity contribution in [1.29, 1.82) is 0 Å². The summed E-state index contributed by atoms with van der Waals surface area (Å²) < 4.78 is 4.99. The third kappa shape index (κ3) is 5.70. The van der Waals surface area contributed by atoms with Crippen LogP contribution in [0.4, 0.5) is 4.79 Å². The third-order valence-corrected chi connectivity index (χ3v) is 1.88. The summed E-state index contributed by atoms with van der Waals surface area (Å²) in [6.45, 7) is 8.42. The maximum absolute atomic E-state index is 11.5. The van der Waals surface area contributed by atoms with Crippen molar-refractivity contribution in [2.45, 2.75) is 58.8 Å². The van der Waals surface area contributed by atoms with Crippen molar-refractivity contribution in [1.82, 2.24) is 5.32 Å². The topological polar surface area (TPSA) is 75.6 Å². The van der Waals surface area contributed by atoms with Crippen molar-refractivity contribution in [3.63, 3.8) is 0 Å². The molecule has 0 heterocycles. The minimum atomic E-state index is -1.04. The summed E-state index contributed by atoms with van der Waals surface area (Å²) in [5.74, 6) is -0.409. The maximum atomic E-state index is 11.5. The summed E-state index contributed by atoms with van der Waals surface area (Å²) in [5.41, 5.74) is -0.601. The number of amides is 1. The highest BCUT2D eigenvalue weighted by Gasteiger charge is 2.24. The second-order valence-electron chi connectivity index (χ2n) is 4.69. The molecular weight excluding hydrogens is 210 g/mol. The molecule has 0 spiro atoms. The number of nitrogens with one attached hydrogen (secondary N) is 1. The Hall–Kier alpha value is -1.10. The number of aliphatic hydroxyl groups excluding tert-OH is 1. The molecule has 0 aromatic heterocycles. The van der Waals surface area contributed by atoms with E-state index in [1.807, 2.05) is 0 Å². The molecule has 2 atom stereocenters.